The Balaban J connectivity index is 1.71. The van der Waals surface area contributed by atoms with Crippen LogP contribution in [0.2, 0.25) is 0 Å². The van der Waals surface area contributed by atoms with Gasteiger partial charge in [-0.05, 0) is 25.0 Å². The van der Waals surface area contributed by atoms with Gasteiger partial charge < -0.3 is 0 Å². The van der Waals surface area contributed by atoms with E-state index < -0.39 is 25.4 Å². The summed E-state index contributed by atoms with van der Waals surface area (Å²) in [7, 11) is -2.10. The molecule has 1 aliphatic carbocycles. The van der Waals surface area contributed by atoms with E-state index in [9.17, 15) is 18.0 Å². The molecular formula is C20H24N4O4S+2. The van der Waals surface area contributed by atoms with E-state index in [1.54, 1.807) is 30.8 Å². The molecule has 1 N–H and O–H groups in total. The van der Waals surface area contributed by atoms with Crippen LogP contribution in [-0.2, 0) is 19.4 Å². The summed E-state index contributed by atoms with van der Waals surface area (Å²) >= 11 is 0. The van der Waals surface area contributed by atoms with Crippen molar-refractivity contribution in [3.8, 4) is 0 Å². The van der Waals surface area contributed by atoms with Gasteiger partial charge >= 0.3 is 11.6 Å². The van der Waals surface area contributed by atoms with Gasteiger partial charge in [0.25, 0.3) is 10.8 Å². The molecule has 1 saturated heterocycles. The van der Waals surface area contributed by atoms with Crippen LogP contribution in [0, 0.1) is 0 Å². The zero-order chi connectivity index (χ0) is 20.8. The second kappa shape index (κ2) is 6.98. The number of ketones is 1. The maximum Gasteiger partial charge on any atom is 0.386 e. The molecule has 0 atom stereocenters. The van der Waals surface area contributed by atoms with E-state index in [1.807, 2.05) is 18.2 Å². The number of carbonyl (C=O) groups excluding carboxylic acids is 2. The van der Waals surface area contributed by atoms with Gasteiger partial charge in [-0.25, -0.2) is 8.42 Å². The number of Topliss-reactive ketones (excluding diaryl/α,β-unsaturated/α-hetero) is 1. The standard InChI is InChI=1S/C20H23N4O4S/c1-14-17(19(26)24(23(14)2)15-9-5-3-6-10-15)21-22-18-16(25)13-20(29(18,27)28)11-7-4-8-12-20/h3,5-6,9-10H,4,7-8,11-13H2,1-2H3/q+1/p+1. The van der Waals surface area contributed by atoms with Crippen LogP contribution in [0.25, 0.3) is 0 Å². The van der Waals surface area contributed by atoms with Gasteiger partial charge in [0.15, 0.2) is 7.05 Å². The van der Waals surface area contributed by atoms with Crippen LogP contribution >= 0.6 is 0 Å². The number of sulfone groups is 1. The summed E-state index contributed by atoms with van der Waals surface area (Å²) in [6, 6.07) is 9.10. The maximum absolute atomic E-state index is 13.1. The molecule has 1 aromatic rings. The molecule has 2 heterocycles. The number of nitrogens with zero attached hydrogens (tertiary/aromatic N) is 3. The quantitative estimate of drug-likeness (QED) is 0.541. The lowest BCUT2D eigenvalue weighted by Gasteiger charge is -2.30. The summed E-state index contributed by atoms with van der Waals surface area (Å²) in [5.41, 5.74) is 1.41. The molecule has 152 valence electrons. The Morgan fingerprint density at radius 3 is 2.41 bits per heavy atom. The number of hydrazine groups is 1. The first-order valence-electron chi connectivity index (χ1n) is 9.74. The first kappa shape index (κ1) is 19.6. The predicted octanol–water partition coefficient (Wildman–Crippen LogP) is -0.0230. The molecule has 0 radical (unpaired) electrons. The molecule has 0 aromatic heterocycles. The summed E-state index contributed by atoms with van der Waals surface area (Å²) in [5.74, 6) is -0.841. The van der Waals surface area contributed by atoms with E-state index in [1.165, 1.54) is 5.01 Å². The Hall–Kier alpha value is -2.68. The van der Waals surface area contributed by atoms with Crippen molar-refractivity contribution in [3.63, 3.8) is 0 Å². The minimum atomic E-state index is -3.83. The summed E-state index contributed by atoms with van der Waals surface area (Å²) in [4.78, 5) is 25.4. The fraction of sp³-hybridized carbons (Fsp3) is 0.450. The second-order valence-corrected chi connectivity index (χ2v) is 10.1. The number of carbonyl (C=O) groups is 2. The zero-order valence-electron chi connectivity index (χ0n) is 16.5. The van der Waals surface area contributed by atoms with E-state index in [4.69, 9.17) is 0 Å². The number of rotatable bonds is 2. The fourth-order valence-electron chi connectivity index (χ4n) is 4.39. The molecule has 0 bridgehead atoms. The highest BCUT2D eigenvalue weighted by Crippen LogP contribution is 2.43. The van der Waals surface area contributed by atoms with Crippen molar-refractivity contribution >= 4 is 43.7 Å². The average Bonchev–Trinajstić information content (AvgIpc) is 3.02. The molecule has 1 aromatic carbocycles. The normalized spacial score (nSPS) is 26.3. The van der Waals surface area contributed by atoms with Crippen molar-refractivity contribution in [2.24, 2.45) is 5.10 Å². The Bertz CT molecular complexity index is 1080. The second-order valence-electron chi connectivity index (χ2n) is 7.81. The smallest absolute Gasteiger partial charge is 0.291 e. The molecule has 2 aliphatic heterocycles. The van der Waals surface area contributed by atoms with Gasteiger partial charge in [0, 0.05) is 18.4 Å². The molecule has 1 amide bonds. The molecule has 29 heavy (non-hydrogen) atoms. The van der Waals surface area contributed by atoms with Crippen LogP contribution < -0.4 is 10.1 Å². The van der Waals surface area contributed by atoms with Gasteiger partial charge in [-0.15, -0.1) is 0 Å². The molecule has 2 fully saturated rings. The largest absolute Gasteiger partial charge is 0.386 e. The van der Waals surface area contributed by atoms with E-state index in [0.717, 1.165) is 19.3 Å². The number of para-hydroxylation sites is 1. The number of hydrogen-bond acceptors (Lipinski definition) is 5. The molecule has 1 spiro atoms. The van der Waals surface area contributed by atoms with E-state index in [0.29, 0.717) is 24.2 Å². The number of nitrogens with one attached hydrogen (secondary N) is 1. The van der Waals surface area contributed by atoms with Gasteiger partial charge in [-0.1, -0.05) is 52.3 Å². The Morgan fingerprint density at radius 1 is 1.10 bits per heavy atom. The van der Waals surface area contributed by atoms with Crippen molar-refractivity contribution in [2.75, 3.05) is 12.1 Å². The lowest BCUT2D eigenvalue weighted by molar-refractivity contribution is -0.496. The van der Waals surface area contributed by atoms with Crippen LogP contribution in [0.5, 0.6) is 0 Å². The number of hydrogen-bond donors (Lipinski definition) is 1. The molecule has 1 saturated carbocycles. The average molecular weight is 417 g/mol. The van der Waals surface area contributed by atoms with Gasteiger partial charge in [0.1, 0.15) is 5.69 Å². The first-order chi connectivity index (χ1) is 13.8. The third-order valence-corrected chi connectivity index (χ3v) is 8.65. The molecule has 4 rings (SSSR count). The van der Waals surface area contributed by atoms with Gasteiger partial charge in [-0.3, -0.25) is 9.59 Å². The number of anilines is 1. The third kappa shape index (κ3) is 2.95. The third-order valence-electron chi connectivity index (χ3n) is 6.13. The lowest BCUT2D eigenvalue weighted by Crippen LogP contribution is -2.71. The fourth-order valence-corrected chi connectivity index (χ4v) is 6.48. The van der Waals surface area contributed by atoms with Crippen molar-refractivity contribution in [3.05, 3.63) is 30.3 Å². The number of benzene rings is 1. The molecular weight excluding hydrogens is 392 g/mol. The van der Waals surface area contributed by atoms with Crippen molar-refractivity contribution in [1.82, 2.24) is 0 Å². The van der Waals surface area contributed by atoms with E-state index in [-0.39, 0.29) is 18.0 Å². The summed E-state index contributed by atoms with van der Waals surface area (Å²) in [6.07, 6.45) is 3.55. The highest BCUT2D eigenvalue weighted by atomic mass is 32.2. The van der Waals surface area contributed by atoms with Gasteiger partial charge in [0.2, 0.25) is 15.6 Å². The zero-order valence-corrected chi connectivity index (χ0v) is 17.3. The Morgan fingerprint density at radius 2 is 1.76 bits per heavy atom. The lowest BCUT2D eigenvalue weighted by atomic mass is 9.85. The summed E-state index contributed by atoms with van der Waals surface area (Å²) < 4.78 is 26.8. The number of hydrazone groups is 2. The highest BCUT2D eigenvalue weighted by molar-refractivity contribution is 8.10. The van der Waals surface area contributed by atoms with Gasteiger partial charge in [0.05, 0.1) is 4.75 Å². The maximum atomic E-state index is 13.1. The Labute approximate surface area is 169 Å². The van der Waals surface area contributed by atoms with Crippen LogP contribution in [0.15, 0.2) is 35.4 Å². The van der Waals surface area contributed by atoms with Crippen LogP contribution in [0.4, 0.5) is 5.69 Å². The molecule has 8 nitrogen and oxygen atoms in total. The van der Waals surface area contributed by atoms with Gasteiger partial charge in [-0.2, -0.15) is 0 Å². The SMILES string of the molecule is CC1=[N+](C)N(c2ccccc2)C(=O)C1=[NH+]N=C1C(=O)CC2(CCCCC2)S1(=O)=O. The Kier molecular flexibility index (Phi) is 4.72. The van der Waals surface area contributed by atoms with Crippen molar-refractivity contribution in [2.45, 2.75) is 50.2 Å². The topological polar surface area (TPSA) is 101 Å². The summed E-state index contributed by atoms with van der Waals surface area (Å²) in [6.45, 7) is 1.73. The van der Waals surface area contributed by atoms with Crippen molar-refractivity contribution in [1.29, 1.82) is 0 Å². The predicted molar refractivity (Wildman–Crippen MR) is 109 cm³/mol. The van der Waals surface area contributed by atoms with E-state index >= 15 is 0 Å². The minimum absolute atomic E-state index is 0.0160. The van der Waals surface area contributed by atoms with Crippen LogP contribution in [-0.4, -0.2) is 53.1 Å². The number of amides is 1. The van der Waals surface area contributed by atoms with Crippen molar-refractivity contribution < 1.29 is 27.8 Å². The molecule has 9 heteroatoms. The first-order valence-corrected chi connectivity index (χ1v) is 11.2. The highest BCUT2D eigenvalue weighted by Gasteiger charge is 2.58. The van der Waals surface area contributed by atoms with Crippen LogP contribution in [0.3, 0.4) is 0 Å². The van der Waals surface area contributed by atoms with Crippen LogP contribution in [0.1, 0.15) is 45.4 Å². The monoisotopic (exact) mass is 416 g/mol. The molecule has 0 unspecified atom stereocenters. The minimum Gasteiger partial charge on any atom is -0.291 e. The molecule has 3 aliphatic rings. The van der Waals surface area contributed by atoms with E-state index in [2.05, 4.69) is 10.2 Å². The summed E-state index contributed by atoms with van der Waals surface area (Å²) in [5, 5.41) is 7.56.